The van der Waals surface area contributed by atoms with E-state index in [1.807, 2.05) is 0 Å². The first-order chi connectivity index (χ1) is 7.72. The van der Waals surface area contributed by atoms with Gasteiger partial charge in [0.05, 0.1) is 0 Å². The second kappa shape index (κ2) is 5.17. The molecule has 0 atom stereocenters. The molecule has 0 spiro atoms. The van der Waals surface area contributed by atoms with Gasteiger partial charge < -0.3 is 4.90 Å². The fraction of sp³-hybridized carbons (Fsp3) is 0.615. The normalized spacial score (nSPS) is 14.2. The third kappa shape index (κ3) is 2.40. The Hall–Kier alpha value is -0.570. The SMILES string of the molecule is CC(C)N(CCBr)c1ccc2c(n1)CCC2. The highest BCUT2D eigenvalue weighted by Gasteiger charge is 2.16. The summed E-state index contributed by atoms with van der Waals surface area (Å²) in [6, 6.07) is 4.94. The predicted octanol–water partition coefficient (Wildman–Crippen LogP) is 3.18. The van der Waals surface area contributed by atoms with E-state index in [-0.39, 0.29) is 0 Å². The van der Waals surface area contributed by atoms with Crippen LogP contribution < -0.4 is 4.90 Å². The van der Waals surface area contributed by atoms with E-state index >= 15 is 0 Å². The Morgan fingerprint density at radius 3 is 2.88 bits per heavy atom. The number of aromatic nitrogens is 1. The second-order valence-corrected chi connectivity index (χ2v) is 5.40. The second-order valence-electron chi connectivity index (χ2n) is 4.60. The van der Waals surface area contributed by atoms with Gasteiger partial charge in [-0.25, -0.2) is 4.98 Å². The standard InChI is InChI=1S/C13H19BrN2/c1-10(2)16(9-8-14)13-7-6-11-4-3-5-12(11)15-13/h6-7,10H,3-5,8-9H2,1-2H3. The molecule has 1 heterocycles. The summed E-state index contributed by atoms with van der Waals surface area (Å²) in [7, 11) is 0. The van der Waals surface area contributed by atoms with E-state index in [9.17, 15) is 0 Å². The lowest BCUT2D eigenvalue weighted by Crippen LogP contribution is -2.33. The molecule has 0 fully saturated rings. The van der Waals surface area contributed by atoms with Crippen molar-refractivity contribution in [2.45, 2.75) is 39.2 Å². The summed E-state index contributed by atoms with van der Waals surface area (Å²) in [6.45, 7) is 5.46. The zero-order chi connectivity index (χ0) is 11.5. The number of hydrogen-bond donors (Lipinski definition) is 0. The van der Waals surface area contributed by atoms with Crippen LogP contribution in [0.5, 0.6) is 0 Å². The third-order valence-electron chi connectivity index (χ3n) is 3.16. The molecule has 0 saturated carbocycles. The van der Waals surface area contributed by atoms with Crippen molar-refractivity contribution in [3.8, 4) is 0 Å². The Labute approximate surface area is 106 Å². The van der Waals surface area contributed by atoms with Crippen molar-refractivity contribution >= 4 is 21.7 Å². The van der Waals surface area contributed by atoms with Gasteiger partial charge in [-0.05, 0) is 44.7 Å². The molecule has 0 radical (unpaired) electrons. The number of aryl methyl sites for hydroxylation is 2. The molecule has 16 heavy (non-hydrogen) atoms. The monoisotopic (exact) mass is 282 g/mol. The van der Waals surface area contributed by atoms with E-state index in [2.05, 4.69) is 46.8 Å². The molecule has 0 unspecified atom stereocenters. The molecule has 0 bridgehead atoms. The maximum atomic E-state index is 4.80. The summed E-state index contributed by atoms with van der Waals surface area (Å²) in [5, 5.41) is 0.990. The van der Waals surface area contributed by atoms with Crippen LogP contribution >= 0.6 is 15.9 Å². The van der Waals surface area contributed by atoms with Crippen molar-refractivity contribution < 1.29 is 0 Å². The molecule has 88 valence electrons. The fourth-order valence-corrected chi connectivity index (χ4v) is 2.68. The number of nitrogens with zero attached hydrogens (tertiary/aromatic N) is 2. The van der Waals surface area contributed by atoms with Gasteiger partial charge in [-0.3, -0.25) is 0 Å². The number of fused-ring (bicyclic) bond motifs is 1. The van der Waals surface area contributed by atoms with Crippen LogP contribution in [-0.4, -0.2) is 22.9 Å². The maximum Gasteiger partial charge on any atom is 0.129 e. The van der Waals surface area contributed by atoms with Crippen LogP contribution in [0.4, 0.5) is 5.82 Å². The molecule has 2 rings (SSSR count). The molecule has 0 aliphatic heterocycles. The van der Waals surface area contributed by atoms with Crippen LogP contribution in [0.3, 0.4) is 0 Å². The molecule has 1 aliphatic carbocycles. The number of pyridine rings is 1. The third-order valence-corrected chi connectivity index (χ3v) is 3.51. The zero-order valence-electron chi connectivity index (χ0n) is 10.0. The van der Waals surface area contributed by atoms with E-state index < -0.39 is 0 Å². The number of rotatable bonds is 4. The summed E-state index contributed by atoms with van der Waals surface area (Å²) >= 11 is 3.51. The van der Waals surface area contributed by atoms with Crippen molar-refractivity contribution in [3.63, 3.8) is 0 Å². The van der Waals surface area contributed by atoms with E-state index in [4.69, 9.17) is 4.98 Å². The highest BCUT2D eigenvalue weighted by molar-refractivity contribution is 9.09. The van der Waals surface area contributed by atoms with E-state index in [0.717, 1.165) is 24.1 Å². The first-order valence-corrected chi connectivity index (χ1v) is 7.16. The Bertz CT molecular complexity index is 363. The van der Waals surface area contributed by atoms with Gasteiger partial charge in [0, 0.05) is 23.6 Å². The molecule has 0 saturated heterocycles. The molecule has 0 N–H and O–H groups in total. The molecule has 1 aromatic heterocycles. The van der Waals surface area contributed by atoms with Crippen molar-refractivity contribution in [1.82, 2.24) is 4.98 Å². The van der Waals surface area contributed by atoms with Crippen LogP contribution in [0.1, 0.15) is 31.5 Å². The molecule has 0 amide bonds. The first kappa shape index (κ1) is 11.9. The molecule has 0 aromatic carbocycles. The number of halogens is 1. The van der Waals surface area contributed by atoms with Gasteiger partial charge in [0.25, 0.3) is 0 Å². The first-order valence-electron chi connectivity index (χ1n) is 6.03. The molecule has 2 nitrogen and oxygen atoms in total. The van der Waals surface area contributed by atoms with E-state index in [1.165, 1.54) is 24.1 Å². The summed E-state index contributed by atoms with van der Waals surface area (Å²) in [4.78, 5) is 7.15. The van der Waals surface area contributed by atoms with Crippen molar-refractivity contribution in [3.05, 3.63) is 23.4 Å². The summed E-state index contributed by atoms with van der Waals surface area (Å²) < 4.78 is 0. The average molecular weight is 283 g/mol. The van der Waals surface area contributed by atoms with Gasteiger partial charge in [-0.15, -0.1) is 0 Å². The Balaban J connectivity index is 2.24. The van der Waals surface area contributed by atoms with Gasteiger partial charge in [-0.1, -0.05) is 22.0 Å². The van der Waals surface area contributed by atoms with Crippen molar-refractivity contribution in [2.75, 3.05) is 16.8 Å². The van der Waals surface area contributed by atoms with Gasteiger partial charge in [-0.2, -0.15) is 0 Å². The smallest absolute Gasteiger partial charge is 0.129 e. The number of hydrogen-bond acceptors (Lipinski definition) is 2. The summed E-state index contributed by atoms with van der Waals surface area (Å²) in [5.41, 5.74) is 2.77. The lowest BCUT2D eigenvalue weighted by molar-refractivity contribution is 0.695. The predicted molar refractivity (Wildman–Crippen MR) is 72.5 cm³/mol. The molecular formula is C13H19BrN2. The van der Waals surface area contributed by atoms with Crippen LogP contribution in [0.15, 0.2) is 12.1 Å². The summed E-state index contributed by atoms with van der Waals surface area (Å²) in [5.74, 6) is 1.13. The fourth-order valence-electron chi connectivity index (χ4n) is 2.30. The minimum absolute atomic E-state index is 0.504. The Morgan fingerprint density at radius 2 is 2.19 bits per heavy atom. The van der Waals surface area contributed by atoms with Crippen molar-refractivity contribution in [1.29, 1.82) is 0 Å². The molecule has 3 heteroatoms. The van der Waals surface area contributed by atoms with Crippen LogP contribution in [0.2, 0.25) is 0 Å². The quantitative estimate of drug-likeness (QED) is 0.789. The van der Waals surface area contributed by atoms with E-state index in [0.29, 0.717) is 6.04 Å². The lowest BCUT2D eigenvalue weighted by atomic mass is 10.2. The zero-order valence-corrected chi connectivity index (χ0v) is 11.6. The molecule has 1 aromatic rings. The van der Waals surface area contributed by atoms with Crippen molar-refractivity contribution in [2.24, 2.45) is 0 Å². The van der Waals surface area contributed by atoms with Crippen LogP contribution in [0, 0.1) is 0 Å². The number of alkyl halides is 1. The van der Waals surface area contributed by atoms with Crippen LogP contribution in [-0.2, 0) is 12.8 Å². The largest absolute Gasteiger partial charge is 0.353 e. The van der Waals surface area contributed by atoms with Gasteiger partial charge in [0.1, 0.15) is 5.82 Å². The van der Waals surface area contributed by atoms with E-state index in [1.54, 1.807) is 0 Å². The van der Waals surface area contributed by atoms with Gasteiger partial charge in [0.2, 0.25) is 0 Å². The van der Waals surface area contributed by atoms with Gasteiger partial charge >= 0.3 is 0 Å². The Morgan fingerprint density at radius 1 is 1.38 bits per heavy atom. The topological polar surface area (TPSA) is 16.1 Å². The average Bonchev–Trinajstić information content (AvgIpc) is 2.72. The highest BCUT2D eigenvalue weighted by Crippen LogP contribution is 2.24. The highest BCUT2D eigenvalue weighted by atomic mass is 79.9. The number of anilines is 1. The minimum atomic E-state index is 0.504. The lowest BCUT2D eigenvalue weighted by Gasteiger charge is -2.27. The molecular weight excluding hydrogens is 264 g/mol. The maximum absolute atomic E-state index is 4.80. The summed E-state index contributed by atoms with van der Waals surface area (Å²) in [6.07, 6.45) is 3.64. The minimum Gasteiger partial charge on any atom is -0.353 e. The Kier molecular flexibility index (Phi) is 3.85. The van der Waals surface area contributed by atoms with Crippen LogP contribution in [0.25, 0.3) is 0 Å². The van der Waals surface area contributed by atoms with Gasteiger partial charge in [0.15, 0.2) is 0 Å². The molecule has 1 aliphatic rings.